The summed E-state index contributed by atoms with van der Waals surface area (Å²) in [7, 11) is 0. The van der Waals surface area contributed by atoms with Gasteiger partial charge in [0.1, 0.15) is 5.60 Å². The number of aliphatic hydroxyl groups excluding tert-OH is 1. The topological polar surface area (TPSA) is 41.5 Å². The standard InChI is InChI=1S/C12H15Cl2NO2/c13-10-2-1-9(7-11(10)14)12(8-16)3-4-15-5-6-17-12/h1-2,7,15-16H,3-6,8H2/t12-/m1/s1. The number of rotatable bonds is 2. The second-order valence-corrected chi connectivity index (χ2v) is 4.94. The van der Waals surface area contributed by atoms with Gasteiger partial charge in [-0.05, 0) is 30.7 Å². The van der Waals surface area contributed by atoms with E-state index in [9.17, 15) is 5.11 Å². The SMILES string of the molecule is OC[C@@]1(c2ccc(Cl)c(Cl)c2)CCNCCO1. The molecule has 0 radical (unpaired) electrons. The van der Waals surface area contributed by atoms with Crippen molar-refractivity contribution in [2.24, 2.45) is 0 Å². The Kier molecular flexibility index (Phi) is 4.28. The van der Waals surface area contributed by atoms with Crippen LogP contribution in [0.5, 0.6) is 0 Å². The summed E-state index contributed by atoms with van der Waals surface area (Å²) in [6.07, 6.45) is 0.710. The van der Waals surface area contributed by atoms with Crippen LogP contribution in [0.1, 0.15) is 12.0 Å². The first kappa shape index (κ1) is 13.1. The second kappa shape index (κ2) is 5.55. The van der Waals surface area contributed by atoms with E-state index in [2.05, 4.69) is 5.32 Å². The molecule has 0 amide bonds. The van der Waals surface area contributed by atoms with Crippen molar-refractivity contribution in [3.05, 3.63) is 33.8 Å². The molecule has 1 atom stereocenters. The van der Waals surface area contributed by atoms with E-state index in [-0.39, 0.29) is 6.61 Å². The number of aliphatic hydroxyl groups is 1. The molecule has 1 aliphatic rings. The maximum Gasteiger partial charge on any atom is 0.117 e. The predicted molar refractivity (Wildman–Crippen MR) is 68.7 cm³/mol. The normalized spacial score (nSPS) is 25.6. The first-order valence-electron chi connectivity index (χ1n) is 5.59. The minimum Gasteiger partial charge on any atom is -0.393 e. The Balaban J connectivity index is 2.35. The molecule has 0 aliphatic carbocycles. The van der Waals surface area contributed by atoms with Gasteiger partial charge >= 0.3 is 0 Å². The summed E-state index contributed by atoms with van der Waals surface area (Å²) in [6, 6.07) is 5.36. The highest BCUT2D eigenvalue weighted by molar-refractivity contribution is 6.42. The largest absolute Gasteiger partial charge is 0.393 e. The molecule has 1 heterocycles. The van der Waals surface area contributed by atoms with Crippen molar-refractivity contribution >= 4 is 23.2 Å². The zero-order chi connectivity index (χ0) is 12.3. The maximum atomic E-state index is 9.65. The van der Waals surface area contributed by atoms with Crippen molar-refractivity contribution in [3.8, 4) is 0 Å². The van der Waals surface area contributed by atoms with E-state index in [1.165, 1.54) is 0 Å². The van der Waals surface area contributed by atoms with E-state index >= 15 is 0 Å². The van der Waals surface area contributed by atoms with Gasteiger partial charge in [-0.15, -0.1) is 0 Å². The monoisotopic (exact) mass is 275 g/mol. The smallest absolute Gasteiger partial charge is 0.117 e. The van der Waals surface area contributed by atoms with E-state index in [1.807, 2.05) is 6.07 Å². The Labute approximate surface area is 111 Å². The maximum absolute atomic E-state index is 9.65. The van der Waals surface area contributed by atoms with Gasteiger partial charge in [-0.25, -0.2) is 0 Å². The van der Waals surface area contributed by atoms with Crippen molar-refractivity contribution in [1.82, 2.24) is 5.32 Å². The highest BCUT2D eigenvalue weighted by Crippen LogP contribution is 2.34. The van der Waals surface area contributed by atoms with Gasteiger partial charge in [-0.3, -0.25) is 0 Å². The van der Waals surface area contributed by atoms with Gasteiger partial charge in [0.05, 0.1) is 23.3 Å². The fourth-order valence-electron chi connectivity index (χ4n) is 2.03. The van der Waals surface area contributed by atoms with Crippen molar-refractivity contribution in [1.29, 1.82) is 0 Å². The van der Waals surface area contributed by atoms with Gasteiger partial charge < -0.3 is 15.2 Å². The molecule has 2 rings (SSSR count). The van der Waals surface area contributed by atoms with Gasteiger partial charge in [0.25, 0.3) is 0 Å². The summed E-state index contributed by atoms with van der Waals surface area (Å²) in [6.45, 7) is 2.11. The quantitative estimate of drug-likeness (QED) is 0.870. The highest BCUT2D eigenvalue weighted by atomic mass is 35.5. The summed E-state index contributed by atoms with van der Waals surface area (Å²) in [5.74, 6) is 0. The molecule has 1 aromatic rings. The number of ether oxygens (including phenoxy) is 1. The van der Waals surface area contributed by atoms with Crippen molar-refractivity contribution in [2.45, 2.75) is 12.0 Å². The molecule has 17 heavy (non-hydrogen) atoms. The minimum atomic E-state index is -0.669. The average Bonchev–Trinajstić information content (AvgIpc) is 2.59. The summed E-state index contributed by atoms with van der Waals surface area (Å²) in [5, 5.41) is 13.9. The average molecular weight is 276 g/mol. The zero-order valence-electron chi connectivity index (χ0n) is 9.38. The highest BCUT2D eigenvalue weighted by Gasteiger charge is 2.33. The molecule has 0 saturated carbocycles. The van der Waals surface area contributed by atoms with Crippen molar-refractivity contribution < 1.29 is 9.84 Å². The fraction of sp³-hybridized carbons (Fsp3) is 0.500. The second-order valence-electron chi connectivity index (χ2n) is 4.13. The Bertz CT molecular complexity index is 390. The lowest BCUT2D eigenvalue weighted by Crippen LogP contribution is -2.34. The predicted octanol–water partition coefficient (Wildman–Crippen LogP) is 2.19. The van der Waals surface area contributed by atoms with E-state index in [0.29, 0.717) is 23.1 Å². The first-order chi connectivity index (χ1) is 8.18. The molecule has 0 bridgehead atoms. The van der Waals surface area contributed by atoms with Crippen LogP contribution in [-0.2, 0) is 10.3 Å². The van der Waals surface area contributed by atoms with Crippen LogP contribution < -0.4 is 5.32 Å². The van der Waals surface area contributed by atoms with Crippen LogP contribution in [0.25, 0.3) is 0 Å². The summed E-state index contributed by atoms with van der Waals surface area (Å²) in [5.41, 5.74) is 0.204. The summed E-state index contributed by atoms with van der Waals surface area (Å²) >= 11 is 11.9. The molecular formula is C12H15Cl2NO2. The van der Waals surface area contributed by atoms with Gasteiger partial charge in [-0.2, -0.15) is 0 Å². The lowest BCUT2D eigenvalue weighted by Gasteiger charge is -2.31. The van der Waals surface area contributed by atoms with Crippen LogP contribution in [-0.4, -0.2) is 31.4 Å². The molecule has 1 saturated heterocycles. The molecule has 2 N–H and O–H groups in total. The van der Waals surface area contributed by atoms with Crippen molar-refractivity contribution in [3.63, 3.8) is 0 Å². The Morgan fingerprint density at radius 3 is 2.82 bits per heavy atom. The van der Waals surface area contributed by atoms with Crippen LogP contribution in [0.3, 0.4) is 0 Å². The number of hydrogen-bond acceptors (Lipinski definition) is 3. The Morgan fingerprint density at radius 2 is 2.12 bits per heavy atom. The molecule has 3 nitrogen and oxygen atoms in total. The fourth-order valence-corrected chi connectivity index (χ4v) is 2.33. The van der Waals surface area contributed by atoms with Crippen LogP contribution in [0, 0.1) is 0 Å². The molecule has 94 valence electrons. The van der Waals surface area contributed by atoms with Crippen LogP contribution in [0.4, 0.5) is 0 Å². The lowest BCUT2D eigenvalue weighted by molar-refractivity contribution is -0.0790. The number of nitrogens with one attached hydrogen (secondary N) is 1. The Morgan fingerprint density at radius 1 is 1.29 bits per heavy atom. The third-order valence-electron chi connectivity index (χ3n) is 3.06. The van der Waals surface area contributed by atoms with Crippen molar-refractivity contribution in [2.75, 3.05) is 26.3 Å². The van der Waals surface area contributed by atoms with Crippen LogP contribution in [0.2, 0.25) is 10.0 Å². The lowest BCUT2D eigenvalue weighted by atomic mass is 9.91. The molecule has 1 aromatic carbocycles. The zero-order valence-corrected chi connectivity index (χ0v) is 10.9. The molecule has 1 fully saturated rings. The molecule has 0 aromatic heterocycles. The van der Waals surface area contributed by atoms with Crippen LogP contribution in [0.15, 0.2) is 18.2 Å². The number of halogens is 2. The summed E-state index contributed by atoms with van der Waals surface area (Å²) < 4.78 is 5.81. The van der Waals surface area contributed by atoms with Gasteiger partial charge in [0, 0.05) is 6.54 Å². The first-order valence-corrected chi connectivity index (χ1v) is 6.35. The van der Waals surface area contributed by atoms with E-state index < -0.39 is 5.60 Å². The molecule has 5 heteroatoms. The van der Waals surface area contributed by atoms with Gasteiger partial charge in [-0.1, -0.05) is 29.3 Å². The molecule has 0 spiro atoms. The summed E-state index contributed by atoms with van der Waals surface area (Å²) in [4.78, 5) is 0. The molecular weight excluding hydrogens is 261 g/mol. The van der Waals surface area contributed by atoms with E-state index in [1.54, 1.807) is 12.1 Å². The van der Waals surface area contributed by atoms with E-state index in [4.69, 9.17) is 27.9 Å². The Hall–Kier alpha value is -0.320. The third kappa shape index (κ3) is 2.75. The van der Waals surface area contributed by atoms with Gasteiger partial charge in [0.2, 0.25) is 0 Å². The molecule has 0 unspecified atom stereocenters. The number of hydrogen-bond donors (Lipinski definition) is 2. The van der Waals surface area contributed by atoms with E-state index in [0.717, 1.165) is 18.7 Å². The minimum absolute atomic E-state index is 0.0629. The van der Waals surface area contributed by atoms with Crippen LogP contribution >= 0.6 is 23.2 Å². The molecule has 1 aliphatic heterocycles. The van der Waals surface area contributed by atoms with Gasteiger partial charge in [0.15, 0.2) is 0 Å². The third-order valence-corrected chi connectivity index (χ3v) is 3.80. The number of benzene rings is 1.